The Balaban J connectivity index is 1.45. The molecule has 0 N–H and O–H groups in total. The second-order valence-electron chi connectivity index (χ2n) is 9.85. The number of ether oxygens (including phenoxy) is 2. The molecule has 4 fully saturated rings. The number of fused-ring (bicyclic) bond motifs is 2. The topological polar surface area (TPSA) is 94.8 Å². The summed E-state index contributed by atoms with van der Waals surface area (Å²) in [4.78, 5) is 27.6. The maximum absolute atomic E-state index is 12.5. The maximum atomic E-state index is 12.5. The summed E-state index contributed by atoms with van der Waals surface area (Å²) in [6.45, 7) is 10.0. The van der Waals surface area contributed by atoms with Crippen LogP contribution in [0.15, 0.2) is 6.07 Å². The molecular weight excluding hydrogens is 396 g/mol. The van der Waals surface area contributed by atoms with Crippen LogP contribution in [0.25, 0.3) is 0 Å². The molecule has 1 aromatic heterocycles. The zero-order chi connectivity index (χ0) is 22.3. The van der Waals surface area contributed by atoms with Crippen LogP contribution in [0.3, 0.4) is 0 Å². The van der Waals surface area contributed by atoms with Crippen molar-refractivity contribution < 1.29 is 14.3 Å². The third-order valence-electron chi connectivity index (χ3n) is 6.34. The lowest BCUT2D eigenvalue weighted by molar-refractivity contribution is -0.0381. The van der Waals surface area contributed by atoms with Crippen molar-refractivity contribution in [2.75, 3.05) is 31.6 Å². The van der Waals surface area contributed by atoms with Crippen LogP contribution < -0.4 is 9.64 Å². The van der Waals surface area contributed by atoms with Crippen LogP contribution in [0.2, 0.25) is 0 Å². The molecule has 5 rings (SSSR count). The van der Waals surface area contributed by atoms with E-state index in [9.17, 15) is 10.1 Å². The number of likely N-dealkylation sites (tertiary alicyclic amines) is 1. The number of piperidine rings is 1. The Bertz CT molecular complexity index is 867. The van der Waals surface area contributed by atoms with Gasteiger partial charge in [-0.05, 0) is 60.5 Å². The summed E-state index contributed by atoms with van der Waals surface area (Å²) in [5.41, 5.74) is -0.221. The first-order chi connectivity index (χ1) is 14.6. The average molecular weight is 429 g/mol. The molecule has 0 saturated carbocycles. The van der Waals surface area contributed by atoms with Crippen LogP contribution in [-0.4, -0.2) is 82.4 Å². The van der Waals surface area contributed by atoms with E-state index in [1.165, 1.54) is 0 Å². The zero-order valence-corrected chi connectivity index (χ0v) is 19.0. The quantitative estimate of drug-likeness (QED) is 0.722. The van der Waals surface area contributed by atoms with E-state index in [0.717, 1.165) is 25.8 Å². The van der Waals surface area contributed by atoms with Gasteiger partial charge in [0.05, 0.1) is 12.1 Å². The number of carbonyl (C=O) groups is 1. The number of nitriles is 1. The molecule has 4 aliphatic rings. The minimum atomic E-state index is -0.509. The van der Waals surface area contributed by atoms with Gasteiger partial charge in [-0.2, -0.15) is 15.2 Å². The number of likely N-dealkylation sites (N-methyl/N-ethyl adjacent to an activating group) is 1. The lowest BCUT2D eigenvalue weighted by atomic mass is 9.88. The van der Waals surface area contributed by atoms with Crippen molar-refractivity contribution in [1.29, 1.82) is 5.26 Å². The number of aromatic nitrogens is 2. The van der Waals surface area contributed by atoms with E-state index in [0.29, 0.717) is 24.9 Å². The predicted octanol–water partition coefficient (Wildman–Crippen LogP) is 2.41. The van der Waals surface area contributed by atoms with Crippen LogP contribution in [0.4, 0.5) is 10.6 Å². The normalized spacial score (nSPS) is 26.8. The molecule has 1 amide bonds. The number of anilines is 1. The maximum Gasteiger partial charge on any atom is 0.410 e. The van der Waals surface area contributed by atoms with E-state index < -0.39 is 5.60 Å². The fourth-order valence-corrected chi connectivity index (χ4v) is 4.87. The summed E-state index contributed by atoms with van der Waals surface area (Å²) >= 11 is 0. The summed E-state index contributed by atoms with van der Waals surface area (Å²) < 4.78 is 11.6. The number of hydrogen-bond acceptors (Lipinski definition) is 8. The lowest BCUT2D eigenvalue weighted by Gasteiger charge is -2.56. The smallest absolute Gasteiger partial charge is 0.410 e. The van der Waals surface area contributed by atoms with Crippen LogP contribution >= 0.6 is 0 Å². The number of hydrogen-bond donors (Lipinski definition) is 0. The standard InChI is InChI=1S/C22H32N6O3/c1-14(18-7-6-8-26(18)5)30-20-24-15(11-23)9-19(25-20)27-12-16-10-17(13-27)28(16)21(29)31-22(2,3)4/h9,14,16-18H,6-8,10,12-13H2,1-5H3/t14-,16?,17?,18-/m0/s1. The summed E-state index contributed by atoms with van der Waals surface area (Å²) in [6, 6.07) is 4.56. The molecule has 4 atom stereocenters. The molecule has 2 unspecified atom stereocenters. The number of carbonyl (C=O) groups excluding carboxylic acids is 1. The Labute approximate surface area is 183 Å². The number of rotatable bonds is 4. The molecule has 4 saturated heterocycles. The van der Waals surface area contributed by atoms with Crippen LogP contribution in [0.5, 0.6) is 6.01 Å². The van der Waals surface area contributed by atoms with Crippen molar-refractivity contribution >= 4 is 11.9 Å². The Kier molecular flexibility index (Phi) is 5.69. The summed E-state index contributed by atoms with van der Waals surface area (Å²) in [6.07, 6.45) is 2.88. The number of piperazine rings is 1. The second kappa shape index (κ2) is 8.15. The highest BCUT2D eigenvalue weighted by atomic mass is 16.6. The highest BCUT2D eigenvalue weighted by molar-refractivity contribution is 5.71. The zero-order valence-electron chi connectivity index (χ0n) is 19.0. The first-order valence-corrected chi connectivity index (χ1v) is 11.1. The van der Waals surface area contributed by atoms with Crippen molar-refractivity contribution in [3.8, 4) is 12.1 Å². The number of amides is 1. The molecule has 0 aliphatic carbocycles. The summed E-state index contributed by atoms with van der Waals surface area (Å²) in [7, 11) is 2.10. The summed E-state index contributed by atoms with van der Waals surface area (Å²) in [5, 5.41) is 9.46. The van der Waals surface area contributed by atoms with Gasteiger partial charge < -0.3 is 14.4 Å². The first kappa shape index (κ1) is 21.6. The van der Waals surface area contributed by atoms with E-state index in [1.54, 1.807) is 6.07 Å². The van der Waals surface area contributed by atoms with Gasteiger partial charge in [0.25, 0.3) is 0 Å². The van der Waals surface area contributed by atoms with Crippen molar-refractivity contribution in [3.05, 3.63) is 11.8 Å². The Hall–Kier alpha value is -2.60. The highest BCUT2D eigenvalue weighted by Crippen LogP contribution is 2.36. The highest BCUT2D eigenvalue weighted by Gasteiger charge is 2.49. The second-order valence-corrected chi connectivity index (χ2v) is 9.85. The fourth-order valence-electron chi connectivity index (χ4n) is 4.87. The number of nitrogens with zero attached hydrogens (tertiary/aromatic N) is 6. The molecule has 2 bridgehead atoms. The third-order valence-corrected chi connectivity index (χ3v) is 6.34. The van der Waals surface area contributed by atoms with Crippen LogP contribution in [0, 0.1) is 11.3 Å². The Morgan fingerprint density at radius 3 is 2.58 bits per heavy atom. The third kappa shape index (κ3) is 4.54. The largest absolute Gasteiger partial charge is 0.459 e. The van der Waals surface area contributed by atoms with Gasteiger partial charge in [-0.15, -0.1) is 0 Å². The van der Waals surface area contributed by atoms with Crippen molar-refractivity contribution in [2.24, 2.45) is 0 Å². The molecule has 31 heavy (non-hydrogen) atoms. The molecule has 9 heteroatoms. The van der Waals surface area contributed by atoms with Gasteiger partial charge in [0.1, 0.15) is 29.3 Å². The van der Waals surface area contributed by atoms with Gasteiger partial charge in [-0.1, -0.05) is 0 Å². The molecule has 4 aliphatic heterocycles. The van der Waals surface area contributed by atoms with Crippen molar-refractivity contribution in [3.63, 3.8) is 0 Å². The van der Waals surface area contributed by atoms with Crippen molar-refractivity contribution in [1.82, 2.24) is 19.8 Å². The molecule has 1 aromatic rings. The summed E-state index contributed by atoms with van der Waals surface area (Å²) in [5.74, 6) is 0.673. The van der Waals surface area contributed by atoms with Gasteiger partial charge in [-0.25, -0.2) is 4.79 Å². The molecule has 5 heterocycles. The van der Waals surface area contributed by atoms with Gasteiger partial charge in [-0.3, -0.25) is 9.80 Å². The SMILES string of the molecule is C[C@H](Oc1nc(C#N)cc(N2CC3CC(C2)N3C(=O)OC(C)(C)C)n1)[C@@H]1CCCN1C. The average Bonchev–Trinajstić information content (AvgIpc) is 3.12. The van der Waals surface area contributed by atoms with E-state index in [4.69, 9.17) is 9.47 Å². The van der Waals surface area contributed by atoms with Gasteiger partial charge in [0, 0.05) is 25.2 Å². The van der Waals surface area contributed by atoms with Crippen molar-refractivity contribution in [2.45, 2.75) is 76.8 Å². The molecule has 0 spiro atoms. The van der Waals surface area contributed by atoms with Crippen LogP contribution in [0.1, 0.15) is 52.7 Å². The molecule has 168 valence electrons. The Morgan fingerprint density at radius 1 is 1.29 bits per heavy atom. The Morgan fingerprint density at radius 2 is 2.00 bits per heavy atom. The van der Waals surface area contributed by atoms with E-state index in [-0.39, 0.29) is 36.0 Å². The molecular formula is C22H32N6O3. The minimum Gasteiger partial charge on any atom is -0.459 e. The van der Waals surface area contributed by atoms with E-state index in [2.05, 4.69) is 32.9 Å². The van der Waals surface area contributed by atoms with E-state index in [1.807, 2.05) is 32.6 Å². The van der Waals surface area contributed by atoms with Crippen LogP contribution in [-0.2, 0) is 4.74 Å². The van der Waals surface area contributed by atoms with Gasteiger partial charge in [0.15, 0.2) is 0 Å². The predicted molar refractivity (Wildman–Crippen MR) is 115 cm³/mol. The van der Waals surface area contributed by atoms with E-state index >= 15 is 0 Å². The fraction of sp³-hybridized carbons (Fsp3) is 0.727. The van der Waals surface area contributed by atoms with Gasteiger partial charge >= 0.3 is 12.1 Å². The van der Waals surface area contributed by atoms with Gasteiger partial charge in [0.2, 0.25) is 0 Å². The lowest BCUT2D eigenvalue weighted by Crippen LogP contribution is -2.70. The molecule has 0 aromatic carbocycles. The molecule has 9 nitrogen and oxygen atoms in total. The minimum absolute atomic E-state index is 0.0632. The monoisotopic (exact) mass is 428 g/mol. The first-order valence-electron chi connectivity index (χ1n) is 11.1. The molecule has 0 radical (unpaired) electrons.